The highest BCUT2D eigenvalue weighted by molar-refractivity contribution is 7.20. The maximum absolute atomic E-state index is 14.2. The first kappa shape index (κ1) is 56.4. The normalized spacial score (nSPS) is 13.3. The van der Waals surface area contributed by atoms with Crippen LogP contribution in [-0.2, 0) is 49.4 Å². The highest BCUT2D eigenvalue weighted by Crippen LogP contribution is 2.41. The number of nitrogens with zero attached hydrogens (tertiary/aromatic N) is 2. The monoisotopic (exact) mass is 1170 g/mol. The first-order valence-electron chi connectivity index (χ1n) is 18.6. The van der Waals surface area contributed by atoms with Gasteiger partial charge in [0.05, 0.1) is 44.5 Å². The predicted octanol–water partition coefficient (Wildman–Crippen LogP) is 9.96. The van der Waals surface area contributed by atoms with Crippen LogP contribution in [0.1, 0.15) is 56.0 Å². The number of hydrogen-bond acceptors (Lipinski definition) is 4. The van der Waals surface area contributed by atoms with Crippen LogP contribution in [0.15, 0.2) is 106 Å². The van der Waals surface area contributed by atoms with Crippen molar-refractivity contribution in [3.63, 3.8) is 0 Å². The molecule has 0 saturated heterocycles. The summed E-state index contributed by atoms with van der Waals surface area (Å²) in [6.45, 7) is 0. The van der Waals surface area contributed by atoms with E-state index in [1.807, 2.05) is 12.1 Å². The van der Waals surface area contributed by atoms with Crippen molar-refractivity contribution in [3.8, 4) is 12.1 Å². The summed E-state index contributed by atoms with van der Waals surface area (Å²) in [5.41, 5.74) is -30.2. The average Bonchev–Trinajstić information content (AvgIpc) is 3.91. The van der Waals surface area contributed by atoms with Crippen LogP contribution in [0.5, 0.6) is 0 Å². The standard InChI is InChI=1S/C32H12BF24.C10H4IN2O2/c34-25(35,36)13-1-14(26(37,38)39)6-21(5-13)33(22-7-15(27(40,41)42)2-16(8-22)28(43,44)45,23-9-17(29(46,47)48)3-18(10-23)30(49,50)51)24-11-19(31(52,53)54)4-20(12-24)32(55,56)57;12-5-7-1-3-9(14-7)11-10-4-2-8(6-13)15-10/h1-12H;1-4H/q-1;+1. The first-order valence-corrected chi connectivity index (χ1v) is 20.7. The van der Waals surface area contributed by atoms with Crippen molar-refractivity contribution in [2.45, 2.75) is 49.4 Å². The molecule has 0 aliphatic heterocycles. The van der Waals surface area contributed by atoms with Gasteiger partial charge in [-0.1, -0.05) is 48.5 Å². The summed E-state index contributed by atoms with van der Waals surface area (Å²) in [5, 5.41) is 17.1. The van der Waals surface area contributed by atoms with Gasteiger partial charge < -0.3 is 8.83 Å². The molecule has 0 spiro atoms. The topological polar surface area (TPSA) is 73.9 Å². The third kappa shape index (κ3) is 12.8. The fraction of sp³-hybridized carbons (Fsp3) is 0.190. The van der Waals surface area contributed by atoms with E-state index in [0.717, 1.165) is 7.53 Å². The number of benzene rings is 4. The molecule has 0 bridgehead atoms. The van der Waals surface area contributed by atoms with Gasteiger partial charge in [0.25, 0.3) is 0 Å². The third-order valence-electron chi connectivity index (χ3n) is 9.99. The fourth-order valence-electron chi connectivity index (χ4n) is 7.01. The summed E-state index contributed by atoms with van der Waals surface area (Å²) in [5.74, 6) is 0.605. The van der Waals surface area contributed by atoms with Crippen LogP contribution < -0.4 is 43.1 Å². The van der Waals surface area contributed by atoms with Crippen LogP contribution in [0.2, 0.25) is 0 Å². The second kappa shape index (κ2) is 19.2. The molecule has 2 heterocycles. The Morgan fingerprint density at radius 1 is 0.306 bits per heavy atom. The Bertz CT molecular complexity index is 2560. The number of halogens is 25. The molecule has 6 rings (SSSR count). The van der Waals surface area contributed by atoms with Crippen molar-refractivity contribution in [3.05, 3.63) is 161 Å². The Morgan fingerprint density at radius 3 is 0.625 bits per heavy atom. The maximum Gasteiger partial charge on any atom is 0.443 e. The third-order valence-corrected chi connectivity index (χ3v) is 12.2. The van der Waals surface area contributed by atoms with Gasteiger partial charge in [0, 0.05) is 12.1 Å². The van der Waals surface area contributed by atoms with E-state index in [0.29, 0.717) is 11.5 Å². The van der Waals surface area contributed by atoms with E-state index in [9.17, 15) is 105 Å². The van der Waals surface area contributed by atoms with Crippen molar-refractivity contribution < 1.29 is 135 Å². The van der Waals surface area contributed by atoms with Crippen LogP contribution in [0.3, 0.4) is 0 Å². The SMILES string of the molecule is FC(F)(F)c1cc([B-](c2cc(C(F)(F)F)cc(C(F)(F)F)c2)(c2cc(C(F)(F)F)cc(C(F)(F)F)c2)c2cc(C(F)(F)F)cc(C(F)(F)F)c2)cc(C(F)(F)F)c1.N#Cc1ccc([I+]c2ccc(C#N)o2)o1. The highest BCUT2D eigenvalue weighted by Gasteiger charge is 2.47. The lowest BCUT2D eigenvalue weighted by molar-refractivity contribution is -0.636. The molecule has 4 nitrogen and oxygen atoms in total. The Kier molecular flexibility index (Phi) is 15.0. The molecule has 0 radical (unpaired) electrons. The minimum Gasteiger partial charge on any atom is -0.407 e. The number of rotatable bonds is 6. The van der Waals surface area contributed by atoms with Crippen molar-refractivity contribution in [1.82, 2.24) is 0 Å². The largest absolute Gasteiger partial charge is 0.443 e. The summed E-state index contributed by atoms with van der Waals surface area (Å²) in [6.07, 6.45) is -54.8. The molecule has 6 aromatic rings. The van der Waals surface area contributed by atoms with Gasteiger partial charge in [-0.3, -0.25) is 0 Å². The lowest BCUT2D eigenvalue weighted by Gasteiger charge is -2.46. The van der Waals surface area contributed by atoms with Gasteiger partial charge in [-0.25, -0.2) is 0 Å². The highest BCUT2D eigenvalue weighted by atomic mass is 127. The molecule has 0 amide bonds. The van der Waals surface area contributed by atoms with Crippen LogP contribution >= 0.6 is 0 Å². The molecule has 2 aromatic heterocycles. The van der Waals surface area contributed by atoms with Gasteiger partial charge in [0.2, 0.25) is 11.5 Å². The number of hydrogen-bond donors (Lipinski definition) is 0. The zero-order chi connectivity index (χ0) is 54.6. The minimum atomic E-state index is -6.13. The number of alkyl halides is 24. The van der Waals surface area contributed by atoms with Gasteiger partial charge in [-0.15, -0.1) is 0 Å². The quantitative estimate of drug-likeness (QED) is 0.0947. The van der Waals surface area contributed by atoms with Crippen molar-refractivity contribution in [1.29, 1.82) is 10.5 Å². The minimum absolute atomic E-state index is 0.303. The van der Waals surface area contributed by atoms with Crippen molar-refractivity contribution in [2.75, 3.05) is 0 Å². The van der Waals surface area contributed by atoms with Crippen molar-refractivity contribution >= 4 is 28.0 Å². The molecule has 0 N–H and O–H groups in total. The van der Waals surface area contributed by atoms with Crippen LogP contribution in [0, 0.1) is 30.2 Å². The summed E-state index contributed by atoms with van der Waals surface area (Å²) in [7, 11) is 0. The zero-order valence-electron chi connectivity index (χ0n) is 34.0. The Balaban J connectivity index is 0.000000542. The molecule has 0 aliphatic rings. The summed E-state index contributed by atoms with van der Waals surface area (Å²) >= 11 is -0.577. The van der Waals surface area contributed by atoms with E-state index in [4.69, 9.17) is 19.4 Å². The van der Waals surface area contributed by atoms with E-state index in [1.54, 1.807) is 24.3 Å². The first-order chi connectivity index (χ1) is 32.6. The molecule has 0 saturated carbocycles. The van der Waals surface area contributed by atoms with Gasteiger partial charge in [-0.2, -0.15) is 138 Å². The molecule has 30 heteroatoms. The van der Waals surface area contributed by atoms with E-state index >= 15 is 0 Å². The molecule has 4 aromatic carbocycles. The van der Waals surface area contributed by atoms with E-state index in [1.165, 1.54) is 0 Å². The molecule has 72 heavy (non-hydrogen) atoms. The van der Waals surface area contributed by atoms with Gasteiger partial charge in [0.1, 0.15) is 18.3 Å². The van der Waals surface area contributed by atoms with Gasteiger partial charge in [-0.05, 0) is 36.4 Å². The molecule has 384 valence electrons. The summed E-state index contributed by atoms with van der Waals surface area (Å²) in [4.78, 5) is 0. The van der Waals surface area contributed by atoms with Gasteiger partial charge in [0.15, 0.2) is 0 Å². The smallest absolute Gasteiger partial charge is 0.407 e. The molecular formula is C42H16BF24IN2O2. The van der Waals surface area contributed by atoms with Crippen LogP contribution in [0.25, 0.3) is 0 Å². The molecule has 0 aliphatic carbocycles. The van der Waals surface area contributed by atoms with Crippen LogP contribution in [0.4, 0.5) is 105 Å². The molecular weight excluding hydrogens is 1160 g/mol. The average molecular weight is 1170 g/mol. The fourth-order valence-corrected chi connectivity index (χ4v) is 8.95. The summed E-state index contributed by atoms with van der Waals surface area (Å²) < 4.78 is 353. The number of furan rings is 2. The van der Waals surface area contributed by atoms with E-state index in [2.05, 4.69) is 0 Å². The van der Waals surface area contributed by atoms with Crippen molar-refractivity contribution in [2.24, 2.45) is 0 Å². The molecule has 0 unspecified atom stereocenters. The second-order valence-electron chi connectivity index (χ2n) is 14.7. The lowest BCUT2D eigenvalue weighted by atomic mass is 9.12. The Labute approximate surface area is 395 Å². The Morgan fingerprint density at radius 2 is 0.486 bits per heavy atom. The summed E-state index contributed by atoms with van der Waals surface area (Å²) in [6, 6.07) is 1.81. The van der Waals surface area contributed by atoms with Gasteiger partial charge >= 0.3 is 78.1 Å². The Hall–Kier alpha value is -6.47. The predicted molar refractivity (Wildman–Crippen MR) is 194 cm³/mol. The van der Waals surface area contributed by atoms with E-state index in [-0.39, 0.29) is 0 Å². The second-order valence-corrected chi connectivity index (χ2v) is 17.4. The number of nitriles is 2. The molecule has 0 fully saturated rings. The van der Waals surface area contributed by atoms with E-state index < -0.39 is 216 Å². The van der Waals surface area contributed by atoms with Crippen LogP contribution in [-0.4, -0.2) is 6.15 Å². The maximum atomic E-state index is 14.2. The zero-order valence-corrected chi connectivity index (χ0v) is 36.1. The lowest BCUT2D eigenvalue weighted by Crippen LogP contribution is -3.61. The molecule has 0 atom stereocenters.